The van der Waals surface area contributed by atoms with Gasteiger partial charge in [0.15, 0.2) is 0 Å². The lowest BCUT2D eigenvalue weighted by atomic mass is 10.0. The number of carbonyl (C=O) groups excluding carboxylic acids is 1. The second-order valence-electron chi connectivity index (χ2n) is 6.75. The summed E-state index contributed by atoms with van der Waals surface area (Å²) in [5.41, 5.74) is 2.29. The minimum Gasteiger partial charge on any atom is -0.388 e. The monoisotopic (exact) mass is 355 g/mol. The Labute approximate surface area is 150 Å². The van der Waals surface area contributed by atoms with E-state index in [2.05, 4.69) is 20.4 Å². The van der Waals surface area contributed by atoms with Gasteiger partial charge in [-0.15, -0.1) is 6.58 Å². The fourth-order valence-electron chi connectivity index (χ4n) is 2.63. The molecule has 0 aromatic heterocycles. The smallest absolute Gasteiger partial charge is 0.231 e. The number of aliphatic hydroxyl groups excluding tert-OH is 1. The maximum atomic E-state index is 12.5. The second kappa shape index (κ2) is 9.60. The van der Waals surface area contributed by atoms with Crippen LogP contribution < -0.4 is 0 Å². The summed E-state index contributed by atoms with van der Waals surface area (Å²) in [4.78, 5) is 14.2. The molecule has 1 aliphatic heterocycles. The van der Waals surface area contributed by atoms with Gasteiger partial charge < -0.3 is 5.11 Å². The molecule has 1 saturated heterocycles. The Hall–Kier alpha value is -0.650. The van der Waals surface area contributed by atoms with Crippen molar-refractivity contribution >= 4 is 34.2 Å². The molecular formula is C18H29NO2S2. The highest BCUT2D eigenvalue weighted by molar-refractivity contribution is 8.23. The molecule has 3 nitrogen and oxygen atoms in total. The van der Waals surface area contributed by atoms with E-state index in [1.54, 1.807) is 22.7 Å². The van der Waals surface area contributed by atoms with Crippen molar-refractivity contribution in [3.63, 3.8) is 0 Å². The van der Waals surface area contributed by atoms with E-state index in [4.69, 9.17) is 12.2 Å². The van der Waals surface area contributed by atoms with Crippen LogP contribution in [0.3, 0.4) is 0 Å². The van der Waals surface area contributed by atoms with Gasteiger partial charge in [0.25, 0.3) is 0 Å². The molecule has 130 valence electrons. The van der Waals surface area contributed by atoms with Crippen molar-refractivity contribution in [1.82, 2.24) is 4.90 Å². The van der Waals surface area contributed by atoms with Crippen LogP contribution >= 0.6 is 24.0 Å². The van der Waals surface area contributed by atoms with E-state index < -0.39 is 6.10 Å². The van der Waals surface area contributed by atoms with Crippen LogP contribution in [0.5, 0.6) is 0 Å². The van der Waals surface area contributed by atoms with Gasteiger partial charge in [-0.25, -0.2) is 0 Å². The normalized spacial score (nSPS) is 20.3. The lowest BCUT2D eigenvalue weighted by molar-refractivity contribution is -0.130. The molecule has 1 fully saturated rings. The zero-order valence-corrected chi connectivity index (χ0v) is 16.3. The molecule has 2 atom stereocenters. The Bertz CT molecular complexity index is 485. The highest BCUT2D eigenvalue weighted by Gasteiger charge is 2.35. The number of allylic oxidation sites excluding steroid dienone is 2. The molecule has 0 aromatic rings. The molecule has 1 heterocycles. The molecule has 1 rings (SSSR count). The van der Waals surface area contributed by atoms with Gasteiger partial charge in [-0.2, -0.15) is 0 Å². The summed E-state index contributed by atoms with van der Waals surface area (Å²) in [7, 11) is 0. The average molecular weight is 356 g/mol. The van der Waals surface area contributed by atoms with Crippen molar-refractivity contribution in [1.29, 1.82) is 0 Å². The highest BCUT2D eigenvalue weighted by atomic mass is 32.2. The summed E-state index contributed by atoms with van der Waals surface area (Å²) < 4.78 is 0.642. The summed E-state index contributed by atoms with van der Waals surface area (Å²) in [5.74, 6) is 1.15. The molecule has 0 unspecified atom stereocenters. The molecule has 1 N–H and O–H groups in total. The molecule has 0 aromatic carbocycles. The van der Waals surface area contributed by atoms with E-state index in [1.165, 1.54) is 5.57 Å². The average Bonchev–Trinajstić information content (AvgIpc) is 2.79. The predicted molar refractivity (Wildman–Crippen MR) is 104 cm³/mol. The Morgan fingerprint density at radius 1 is 1.48 bits per heavy atom. The van der Waals surface area contributed by atoms with E-state index >= 15 is 0 Å². The molecule has 0 saturated carbocycles. The topological polar surface area (TPSA) is 40.5 Å². The van der Waals surface area contributed by atoms with Crippen molar-refractivity contribution in [2.45, 2.75) is 65.5 Å². The van der Waals surface area contributed by atoms with Crippen molar-refractivity contribution in [3.05, 3.63) is 23.8 Å². The van der Waals surface area contributed by atoms with Crippen LogP contribution in [-0.4, -0.2) is 38.1 Å². The van der Waals surface area contributed by atoms with Crippen LogP contribution in [0.2, 0.25) is 0 Å². The highest BCUT2D eigenvalue weighted by Crippen LogP contribution is 2.29. The number of thiocarbonyl (C=S) groups is 1. The van der Waals surface area contributed by atoms with Gasteiger partial charge in [-0.3, -0.25) is 9.69 Å². The van der Waals surface area contributed by atoms with Gasteiger partial charge in [0.05, 0.1) is 12.5 Å². The lowest BCUT2D eigenvalue weighted by Gasteiger charge is -2.27. The number of thioether (sulfide) groups is 1. The van der Waals surface area contributed by atoms with E-state index in [0.29, 0.717) is 10.2 Å². The third kappa shape index (κ3) is 6.77. The van der Waals surface area contributed by atoms with Crippen molar-refractivity contribution < 1.29 is 9.90 Å². The van der Waals surface area contributed by atoms with Gasteiger partial charge in [-0.05, 0) is 39.0 Å². The van der Waals surface area contributed by atoms with Gasteiger partial charge in [0.2, 0.25) is 5.91 Å². The number of amides is 1. The maximum absolute atomic E-state index is 12.5. The van der Waals surface area contributed by atoms with Gasteiger partial charge in [-0.1, -0.05) is 55.0 Å². The molecule has 5 heteroatoms. The minimum atomic E-state index is -0.742. The summed E-state index contributed by atoms with van der Waals surface area (Å²) in [6.45, 7) is 12.1. The Kier molecular flexibility index (Phi) is 8.51. The number of hydrogen-bond donors (Lipinski definition) is 1. The molecule has 1 amide bonds. The molecule has 0 radical (unpaired) electrons. The van der Waals surface area contributed by atoms with E-state index in [1.807, 2.05) is 13.8 Å². The predicted octanol–water partition coefficient (Wildman–Crippen LogP) is 4.32. The Balaban J connectivity index is 2.55. The molecule has 0 aliphatic carbocycles. The van der Waals surface area contributed by atoms with Crippen molar-refractivity contribution in [2.75, 3.05) is 5.75 Å². The SMILES string of the molecule is C=C(C)CCC/C(C)=C/[C@@H](O)CC(=O)N1C(=S)SC[C@H]1C(C)C. The fraction of sp³-hybridized carbons (Fsp3) is 0.667. The van der Waals surface area contributed by atoms with Crippen LogP contribution in [0.25, 0.3) is 0 Å². The summed E-state index contributed by atoms with van der Waals surface area (Å²) >= 11 is 6.85. The quantitative estimate of drug-likeness (QED) is 0.520. The lowest BCUT2D eigenvalue weighted by Crippen LogP contribution is -2.42. The van der Waals surface area contributed by atoms with Gasteiger partial charge >= 0.3 is 0 Å². The van der Waals surface area contributed by atoms with Crippen LogP contribution in [0, 0.1) is 5.92 Å². The first-order valence-electron chi connectivity index (χ1n) is 8.21. The van der Waals surface area contributed by atoms with Gasteiger partial charge in [0, 0.05) is 11.8 Å². The molecule has 23 heavy (non-hydrogen) atoms. The van der Waals surface area contributed by atoms with E-state index in [9.17, 15) is 9.90 Å². The molecule has 0 bridgehead atoms. The molecule has 0 spiro atoms. The van der Waals surface area contributed by atoms with Crippen molar-refractivity contribution in [3.8, 4) is 0 Å². The van der Waals surface area contributed by atoms with Gasteiger partial charge in [0.1, 0.15) is 4.32 Å². The Morgan fingerprint density at radius 3 is 2.70 bits per heavy atom. The number of hydrogen-bond acceptors (Lipinski definition) is 4. The van der Waals surface area contributed by atoms with E-state index in [-0.39, 0.29) is 18.4 Å². The number of aliphatic hydroxyl groups is 1. The van der Waals surface area contributed by atoms with Crippen molar-refractivity contribution in [2.24, 2.45) is 5.92 Å². The van der Waals surface area contributed by atoms with E-state index in [0.717, 1.165) is 30.6 Å². The number of nitrogens with zero attached hydrogens (tertiary/aromatic N) is 1. The first-order valence-corrected chi connectivity index (χ1v) is 9.60. The standard InChI is InChI=1S/C18H29NO2S2/c1-12(2)7-6-8-14(5)9-15(20)10-17(21)19-16(13(3)4)11-23-18(19)22/h9,13,15-16,20H,1,6-8,10-11H2,2-5H3/b14-9+/t15-,16+/m1/s1. The molecule has 1 aliphatic rings. The number of carbonyl (C=O) groups is 1. The summed E-state index contributed by atoms with van der Waals surface area (Å²) in [6.07, 6.45) is 4.10. The maximum Gasteiger partial charge on any atom is 0.231 e. The fourth-order valence-corrected chi connectivity index (χ4v) is 4.30. The van der Waals surface area contributed by atoms with Crippen LogP contribution in [0.4, 0.5) is 0 Å². The number of rotatable bonds is 8. The third-order valence-corrected chi connectivity index (χ3v) is 5.48. The zero-order valence-electron chi connectivity index (χ0n) is 14.7. The van der Waals surface area contributed by atoms with Crippen LogP contribution in [-0.2, 0) is 4.79 Å². The summed E-state index contributed by atoms with van der Waals surface area (Å²) in [6, 6.07) is 0.146. The van der Waals surface area contributed by atoms with Crippen LogP contribution in [0.1, 0.15) is 53.4 Å². The first kappa shape index (κ1) is 20.4. The molecular weight excluding hydrogens is 326 g/mol. The van der Waals surface area contributed by atoms with Crippen LogP contribution in [0.15, 0.2) is 23.8 Å². The first-order chi connectivity index (χ1) is 10.7. The zero-order chi connectivity index (χ0) is 17.6. The largest absolute Gasteiger partial charge is 0.388 e. The third-order valence-electron chi connectivity index (χ3n) is 3.98. The minimum absolute atomic E-state index is 0.0721. The second-order valence-corrected chi connectivity index (χ2v) is 8.40. The summed E-state index contributed by atoms with van der Waals surface area (Å²) in [5, 5.41) is 10.2. The Morgan fingerprint density at radius 2 is 2.13 bits per heavy atom.